The quantitative estimate of drug-likeness (QED) is 0.339. The molecule has 0 spiro atoms. The minimum absolute atomic E-state index is 0. The summed E-state index contributed by atoms with van der Waals surface area (Å²) in [4.78, 5) is 10.4. The van der Waals surface area contributed by atoms with Crippen LogP contribution in [0.25, 0.3) is 0 Å². The first-order valence-corrected chi connectivity index (χ1v) is 5.30. The number of benzene rings is 1. The van der Waals surface area contributed by atoms with Crippen molar-refractivity contribution in [3.8, 4) is 5.75 Å². The van der Waals surface area contributed by atoms with Crippen molar-refractivity contribution in [1.82, 2.24) is 5.43 Å². The molecule has 0 aliphatic heterocycles. The molecule has 0 aliphatic carbocycles. The zero-order chi connectivity index (χ0) is 12.7. The average Bonchev–Trinajstić information content (AvgIpc) is 2.30. The van der Waals surface area contributed by atoms with E-state index in [1.807, 2.05) is 37.3 Å². The van der Waals surface area contributed by atoms with E-state index in [2.05, 4.69) is 10.5 Å². The summed E-state index contributed by atoms with van der Waals surface area (Å²) in [5, 5.41) is 14.0. The smallest absolute Gasteiger partial charge is 0.543 e. The number of carbonyl (C=O) groups is 1. The number of aliphatic carboxylic acids is 1. The van der Waals surface area contributed by atoms with Gasteiger partial charge in [0.25, 0.3) is 0 Å². The molecule has 18 heavy (non-hydrogen) atoms. The van der Waals surface area contributed by atoms with Crippen molar-refractivity contribution in [3.63, 3.8) is 0 Å². The van der Waals surface area contributed by atoms with Crippen LogP contribution in [0.1, 0.15) is 13.8 Å². The molecule has 5 nitrogen and oxygen atoms in total. The van der Waals surface area contributed by atoms with Crippen molar-refractivity contribution in [2.45, 2.75) is 20.0 Å². The second-order valence-corrected chi connectivity index (χ2v) is 3.59. The van der Waals surface area contributed by atoms with E-state index in [-0.39, 0.29) is 41.4 Å². The number of ether oxygens (including phenoxy) is 1. The van der Waals surface area contributed by atoms with Crippen molar-refractivity contribution in [3.05, 3.63) is 30.3 Å². The van der Waals surface area contributed by atoms with E-state index in [0.717, 1.165) is 5.75 Å². The minimum Gasteiger partial charge on any atom is -0.543 e. The third kappa shape index (κ3) is 6.64. The molecule has 1 N–H and O–H groups in total. The standard InChI is InChI=1S/C12H16N2O3.Na/c1-9(8-13-14-10(2)12(15)16)17-11-6-4-3-5-7-11;/h3-7,9,13H,8H2,1-2H3,(H,15,16);/q;+1/p-1/b14-10-;. The van der Waals surface area contributed by atoms with Crippen molar-refractivity contribution >= 4 is 11.7 Å². The normalized spacial score (nSPS) is 12.2. The van der Waals surface area contributed by atoms with Crippen LogP contribution in [0.4, 0.5) is 0 Å². The monoisotopic (exact) mass is 258 g/mol. The summed E-state index contributed by atoms with van der Waals surface area (Å²) in [5.74, 6) is -0.517. The van der Waals surface area contributed by atoms with Gasteiger partial charge in [0.05, 0.1) is 18.2 Å². The van der Waals surface area contributed by atoms with Crippen molar-refractivity contribution in [1.29, 1.82) is 0 Å². The molecule has 0 aromatic heterocycles. The number of carboxylic acids is 1. The fourth-order valence-corrected chi connectivity index (χ4v) is 1.11. The van der Waals surface area contributed by atoms with Crippen LogP contribution in [0.2, 0.25) is 0 Å². The van der Waals surface area contributed by atoms with Crippen LogP contribution in [-0.2, 0) is 4.79 Å². The van der Waals surface area contributed by atoms with Crippen molar-refractivity contribution in [2.75, 3.05) is 6.54 Å². The van der Waals surface area contributed by atoms with Gasteiger partial charge in [0.1, 0.15) is 11.9 Å². The SMILES string of the molecule is C/C(=N/NCC(C)Oc1ccccc1)C(=O)[O-].[Na+]. The van der Waals surface area contributed by atoms with Gasteiger partial charge in [0.15, 0.2) is 0 Å². The Bertz CT molecular complexity index is 396. The zero-order valence-electron chi connectivity index (χ0n) is 10.8. The topological polar surface area (TPSA) is 73.8 Å². The van der Waals surface area contributed by atoms with Gasteiger partial charge in [-0.25, -0.2) is 0 Å². The number of rotatable bonds is 6. The van der Waals surface area contributed by atoms with Gasteiger partial charge < -0.3 is 20.1 Å². The summed E-state index contributed by atoms with van der Waals surface area (Å²) in [6.45, 7) is 3.65. The molecule has 1 aromatic carbocycles. The number of hydrazone groups is 1. The number of hydrogen-bond donors (Lipinski definition) is 1. The maximum absolute atomic E-state index is 10.4. The Morgan fingerprint density at radius 3 is 2.61 bits per heavy atom. The molecule has 1 atom stereocenters. The van der Waals surface area contributed by atoms with Crippen molar-refractivity contribution < 1.29 is 44.2 Å². The molecular formula is C12H15N2NaO3. The van der Waals surface area contributed by atoms with Gasteiger partial charge in [-0.3, -0.25) is 0 Å². The summed E-state index contributed by atoms with van der Waals surface area (Å²) in [7, 11) is 0. The molecule has 0 aliphatic rings. The molecule has 1 aromatic rings. The Morgan fingerprint density at radius 1 is 1.44 bits per heavy atom. The van der Waals surface area contributed by atoms with E-state index in [9.17, 15) is 9.90 Å². The number of nitrogens with zero attached hydrogens (tertiary/aromatic N) is 1. The largest absolute Gasteiger partial charge is 1.00 e. The maximum atomic E-state index is 10.4. The number of carboxylic acid groups (broad SMARTS) is 1. The van der Waals surface area contributed by atoms with Gasteiger partial charge in [-0.1, -0.05) is 18.2 Å². The Labute approximate surface area is 129 Å². The zero-order valence-corrected chi connectivity index (χ0v) is 12.8. The van der Waals surface area contributed by atoms with Crippen LogP contribution in [0.5, 0.6) is 5.75 Å². The first kappa shape index (κ1) is 17.0. The molecule has 0 amide bonds. The Kier molecular flexibility index (Phi) is 8.45. The molecule has 0 fully saturated rings. The Balaban J connectivity index is 0.00000289. The average molecular weight is 258 g/mol. The van der Waals surface area contributed by atoms with E-state index >= 15 is 0 Å². The fraction of sp³-hybridized carbons (Fsp3) is 0.333. The van der Waals surface area contributed by atoms with E-state index in [4.69, 9.17) is 4.74 Å². The molecule has 0 saturated heterocycles. The summed E-state index contributed by atoms with van der Waals surface area (Å²) in [6, 6.07) is 9.38. The maximum Gasteiger partial charge on any atom is 1.00 e. The van der Waals surface area contributed by atoms with Gasteiger partial charge in [-0.2, -0.15) is 5.10 Å². The Hall–Kier alpha value is -1.04. The molecular weight excluding hydrogens is 243 g/mol. The third-order valence-electron chi connectivity index (χ3n) is 2.00. The van der Waals surface area contributed by atoms with Crippen LogP contribution >= 0.6 is 0 Å². The van der Waals surface area contributed by atoms with Gasteiger partial charge in [0.2, 0.25) is 0 Å². The van der Waals surface area contributed by atoms with Gasteiger partial charge >= 0.3 is 29.6 Å². The third-order valence-corrected chi connectivity index (χ3v) is 2.00. The van der Waals surface area contributed by atoms with Crippen LogP contribution in [0.15, 0.2) is 35.4 Å². The van der Waals surface area contributed by atoms with E-state index < -0.39 is 5.97 Å². The molecule has 0 heterocycles. The van der Waals surface area contributed by atoms with Crippen LogP contribution in [-0.4, -0.2) is 24.3 Å². The van der Waals surface area contributed by atoms with Crippen LogP contribution in [0, 0.1) is 0 Å². The van der Waals surface area contributed by atoms with E-state index in [1.54, 1.807) is 0 Å². The fourth-order valence-electron chi connectivity index (χ4n) is 1.11. The van der Waals surface area contributed by atoms with E-state index in [0.29, 0.717) is 6.54 Å². The number of hydrogen-bond acceptors (Lipinski definition) is 5. The summed E-state index contributed by atoms with van der Waals surface area (Å²) < 4.78 is 5.56. The second-order valence-electron chi connectivity index (χ2n) is 3.59. The molecule has 1 rings (SSSR count). The van der Waals surface area contributed by atoms with E-state index in [1.165, 1.54) is 6.92 Å². The Morgan fingerprint density at radius 2 is 2.06 bits per heavy atom. The van der Waals surface area contributed by atoms with Crippen LogP contribution < -0.4 is 44.8 Å². The first-order valence-electron chi connectivity index (χ1n) is 5.30. The number of para-hydroxylation sites is 1. The second kappa shape index (κ2) is 8.97. The molecule has 0 bridgehead atoms. The summed E-state index contributed by atoms with van der Waals surface area (Å²) in [5.41, 5.74) is 2.54. The molecule has 0 saturated carbocycles. The number of carbonyl (C=O) groups excluding carboxylic acids is 1. The van der Waals surface area contributed by atoms with Crippen molar-refractivity contribution in [2.24, 2.45) is 5.10 Å². The molecule has 1 unspecified atom stereocenters. The predicted molar refractivity (Wildman–Crippen MR) is 62.7 cm³/mol. The summed E-state index contributed by atoms with van der Waals surface area (Å²) >= 11 is 0. The predicted octanol–water partition coefficient (Wildman–Crippen LogP) is -2.83. The van der Waals surface area contributed by atoms with Gasteiger partial charge in [-0.05, 0) is 26.0 Å². The van der Waals surface area contributed by atoms with Gasteiger partial charge in [-0.15, -0.1) is 0 Å². The van der Waals surface area contributed by atoms with Gasteiger partial charge in [0, 0.05) is 0 Å². The molecule has 6 heteroatoms. The number of nitrogens with one attached hydrogen (secondary N) is 1. The first-order chi connectivity index (χ1) is 8.09. The minimum atomic E-state index is -1.28. The molecule has 92 valence electrons. The van der Waals surface area contributed by atoms with Crippen LogP contribution in [0.3, 0.4) is 0 Å². The summed E-state index contributed by atoms with van der Waals surface area (Å²) in [6.07, 6.45) is -0.115. The molecule has 0 radical (unpaired) electrons.